The van der Waals surface area contributed by atoms with Crippen molar-refractivity contribution in [3.63, 3.8) is 0 Å². The smallest absolute Gasteiger partial charge is 0.321 e. The summed E-state index contributed by atoms with van der Waals surface area (Å²) in [5.74, 6) is -1.47. The van der Waals surface area contributed by atoms with Crippen LogP contribution in [0.3, 0.4) is 0 Å². The highest BCUT2D eigenvalue weighted by atomic mass is 16.4. The Morgan fingerprint density at radius 1 is 1.21 bits per heavy atom. The number of aliphatic carboxylic acids is 1. The van der Waals surface area contributed by atoms with E-state index in [1.807, 2.05) is 0 Å². The van der Waals surface area contributed by atoms with Gasteiger partial charge in [-0.15, -0.1) is 0 Å². The third-order valence-corrected chi connectivity index (χ3v) is 2.20. The third-order valence-electron chi connectivity index (χ3n) is 2.20. The number of nitrogens with one attached hydrogen (secondary N) is 2. The van der Waals surface area contributed by atoms with Crippen molar-refractivity contribution in [3.05, 3.63) is 30.1 Å². The molecule has 0 atom stereocenters. The van der Waals surface area contributed by atoms with Crippen LogP contribution in [0, 0.1) is 0 Å². The first-order valence-corrected chi connectivity index (χ1v) is 5.77. The maximum Gasteiger partial charge on any atom is 0.321 e. The summed E-state index contributed by atoms with van der Waals surface area (Å²) >= 11 is 0. The van der Waals surface area contributed by atoms with Crippen LogP contribution in [0.1, 0.15) is 25.0 Å². The lowest BCUT2D eigenvalue weighted by molar-refractivity contribution is -0.137. The van der Waals surface area contributed by atoms with Crippen molar-refractivity contribution in [2.75, 3.05) is 0 Å². The molecular weight excluding hydrogens is 250 g/mol. The second kappa shape index (κ2) is 7.80. The molecule has 102 valence electrons. The van der Waals surface area contributed by atoms with E-state index in [4.69, 9.17) is 5.11 Å². The summed E-state index contributed by atoms with van der Waals surface area (Å²) in [7, 11) is 0. The van der Waals surface area contributed by atoms with Crippen LogP contribution in [0.25, 0.3) is 0 Å². The lowest BCUT2D eigenvalue weighted by atomic mass is 10.2. The molecule has 0 saturated carbocycles. The molecule has 7 nitrogen and oxygen atoms in total. The summed E-state index contributed by atoms with van der Waals surface area (Å²) in [6.07, 6.45) is 1.72. The average molecular weight is 265 g/mol. The molecule has 0 saturated heterocycles. The van der Waals surface area contributed by atoms with Gasteiger partial charge in [-0.25, -0.2) is 4.79 Å². The first-order valence-electron chi connectivity index (χ1n) is 5.77. The average Bonchev–Trinajstić information content (AvgIpc) is 2.37. The molecule has 0 aliphatic heterocycles. The van der Waals surface area contributed by atoms with Gasteiger partial charge in [-0.05, 0) is 18.6 Å². The minimum absolute atomic E-state index is 0.00328. The molecule has 7 heteroatoms. The summed E-state index contributed by atoms with van der Waals surface area (Å²) in [5.41, 5.74) is 0.677. The summed E-state index contributed by atoms with van der Waals surface area (Å²) in [6.45, 7) is 0.217. The number of carboxylic acid groups (broad SMARTS) is 1. The Morgan fingerprint density at radius 3 is 2.63 bits per heavy atom. The van der Waals surface area contributed by atoms with E-state index in [0.717, 1.165) is 0 Å². The monoisotopic (exact) mass is 265 g/mol. The van der Waals surface area contributed by atoms with Gasteiger partial charge in [-0.1, -0.05) is 6.07 Å². The molecule has 0 spiro atoms. The molecule has 0 aliphatic rings. The van der Waals surface area contributed by atoms with Crippen molar-refractivity contribution in [3.8, 4) is 0 Å². The Hall–Kier alpha value is -2.44. The van der Waals surface area contributed by atoms with Crippen LogP contribution in [0.4, 0.5) is 4.79 Å². The van der Waals surface area contributed by atoms with Gasteiger partial charge >= 0.3 is 12.0 Å². The van der Waals surface area contributed by atoms with Crippen LogP contribution >= 0.6 is 0 Å². The Bertz CT molecular complexity index is 448. The fourth-order valence-electron chi connectivity index (χ4n) is 1.31. The predicted octanol–water partition coefficient (Wildman–Crippen LogP) is 0.662. The molecule has 1 rings (SSSR count). The number of nitrogens with zero attached hydrogens (tertiary/aromatic N) is 1. The number of carbonyl (C=O) groups is 3. The van der Waals surface area contributed by atoms with Gasteiger partial charge in [0.25, 0.3) is 0 Å². The molecule has 1 aromatic rings. The van der Waals surface area contributed by atoms with Crippen molar-refractivity contribution in [1.82, 2.24) is 15.6 Å². The topological polar surface area (TPSA) is 108 Å². The minimum Gasteiger partial charge on any atom is -0.481 e. The summed E-state index contributed by atoms with van der Waals surface area (Å²) < 4.78 is 0. The molecule has 0 unspecified atom stereocenters. The van der Waals surface area contributed by atoms with Gasteiger partial charge in [0.15, 0.2) is 0 Å². The number of imide groups is 1. The van der Waals surface area contributed by atoms with Crippen LogP contribution < -0.4 is 10.6 Å². The van der Waals surface area contributed by atoms with Gasteiger partial charge in [0.05, 0.1) is 12.2 Å². The summed E-state index contributed by atoms with van der Waals surface area (Å²) in [5, 5.41) is 13.0. The van der Waals surface area contributed by atoms with E-state index in [2.05, 4.69) is 15.6 Å². The van der Waals surface area contributed by atoms with Gasteiger partial charge in [0, 0.05) is 19.0 Å². The highest BCUT2D eigenvalue weighted by molar-refractivity contribution is 5.94. The zero-order valence-electron chi connectivity index (χ0n) is 10.3. The molecule has 1 heterocycles. The van der Waals surface area contributed by atoms with Gasteiger partial charge in [0.2, 0.25) is 5.91 Å². The van der Waals surface area contributed by atoms with E-state index in [-0.39, 0.29) is 25.8 Å². The predicted molar refractivity (Wildman–Crippen MR) is 66.1 cm³/mol. The quantitative estimate of drug-likeness (QED) is 0.700. The van der Waals surface area contributed by atoms with E-state index in [1.165, 1.54) is 0 Å². The Labute approximate surface area is 110 Å². The maximum absolute atomic E-state index is 11.3. The number of urea groups is 1. The Morgan fingerprint density at radius 2 is 2.00 bits per heavy atom. The number of carboxylic acids is 1. The highest BCUT2D eigenvalue weighted by Gasteiger charge is 2.08. The highest BCUT2D eigenvalue weighted by Crippen LogP contribution is 1.95. The zero-order chi connectivity index (χ0) is 14.1. The van der Waals surface area contributed by atoms with Gasteiger partial charge in [-0.2, -0.15) is 0 Å². The van der Waals surface area contributed by atoms with Crippen LogP contribution in [0.2, 0.25) is 0 Å². The number of hydrogen-bond donors (Lipinski definition) is 3. The zero-order valence-corrected chi connectivity index (χ0v) is 10.3. The third kappa shape index (κ3) is 6.77. The Kier molecular flexibility index (Phi) is 6.00. The summed E-state index contributed by atoms with van der Waals surface area (Å²) in [4.78, 5) is 36.9. The molecule has 0 bridgehead atoms. The molecule has 0 aliphatic carbocycles. The lowest BCUT2D eigenvalue weighted by Gasteiger charge is -2.05. The lowest BCUT2D eigenvalue weighted by Crippen LogP contribution is -2.39. The molecule has 1 aromatic heterocycles. The van der Waals surface area contributed by atoms with E-state index < -0.39 is 17.9 Å². The molecule has 3 N–H and O–H groups in total. The van der Waals surface area contributed by atoms with Crippen LogP contribution in [0.15, 0.2) is 24.4 Å². The first-order chi connectivity index (χ1) is 9.08. The second-order valence-electron chi connectivity index (χ2n) is 3.80. The Balaban J connectivity index is 2.20. The number of amides is 3. The number of pyridine rings is 1. The molecule has 3 amide bonds. The van der Waals surface area contributed by atoms with E-state index in [9.17, 15) is 14.4 Å². The minimum atomic E-state index is -0.965. The standard InChI is InChI=1S/C12H15N3O4/c16-10(5-3-6-11(17)18)15-12(19)14-8-9-4-1-2-7-13-9/h1-2,4,7H,3,5-6,8H2,(H,17,18)(H2,14,15,16,19). The van der Waals surface area contributed by atoms with Crippen LogP contribution in [-0.4, -0.2) is 28.0 Å². The molecular formula is C12H15N3O4. The second-order valence-corrected chi connectivity index (χ2v) is 3.80. The number of carbonyl (C=O) groups excluding carboxylic acids is 2. The molecule has 0 aromatic carbocycles. The van der Waals surface area contributed by atoms with Gasteiger partial charge in [0.1, 0.15) is 0 Å². The van der Waals surface area contributed by atoms with E-state index in [1.54, 1.807) is 24.4 Å². The normalized spacial score (nSPS) is 9.68. The van der Waals surface area contributed by atoms with Crippen molar-refractivity contribution >= 4 is 17.9 Å². The molecule has 0 fully saturated rings. The van der Waals surface area contributed by atoms with Gasteiger partial charge in [-0.3, -0.25) is 19.9 Å². The largest absolute Gasteiger partial charge is 0.481 e. The number of aromatic nitrogens is 1. The van der Waals surface area contributed by atoms with Crippen molar-refractivity contribution < 1.29 is 19.5 Å². The van der Waals surface area contributed by atoms with Crippen LogP contribution in [0.5, 0.6) is 0 Å². The van der Waals surface area contributed by atoms with Crippen molar-refractivity contribution in [2.45, 2.75) is 25.8 Å². The van der Waals surface area contributed by atoms with E-state index in [0.29, 0.717) is 5.69 Å². The summed E-state index contributed by atoms with van der Waals surface area (Å²) in [6, 6.07) is 4.68. The van der Waals surface area contributed by atoms with E-state index >= 15 is 0 Å². The van der Waals surface area contributed by atoms with Crippen LogP contribution in [-0.2, 0) is 16.1 Å². The number of hydrogen-bond acceptors (Lipinski definition) is 4. The van der Waals surface area contributed by atoms with Crippen molar-refractivity contribution in [1.29, 1.82) is 0 Å². The molecule has 0 radical (unpaired) electrons. The fraction of sp³-hybridized carbons (Fsp3) is 0.333. The SMILES string of the molecule is O=C(O)CCCC(=O)NC(=O)NCc1ccccn1. The molecule has 19 heavy (non-hydrogen) atoms. The van der Waals surface area contributed by atoms with Crippen molar-refractivity contribution in [2.24, 2.45) is 0 Å². The van der Waals surface area contributed by atoms with Gasteiger partial charge < -0.3 is 10.4 Å². The first kappa shape index (κ1) is 14.6. The number of rotatable bonds is 6. The maximum atomic E-state index is 11.3. The fourth-order valence-corrected chi connectivity index (χ4v) is 1.31.